The molecule has 2 amide bonds. The molecule has 1 unspecified atom stereocenters. The molecule has 1 aromatic heterocycles. The fourth-order valence-electron chi connectivity index (χ4n) is 1.80. The highest BCUT2D eigenvalue weighted by Crippen LogP contribution is 2.04. The fraction of sp³-hybridized carbons (Fsp3) is 0.556. The van der Waals surface area contributed by atoms with Crippen LogP contribution < -0.4 is 11.1 Å². The van der Waals surface area contributed by atoms with Crippen molar-refractivity contribution in [3.05, 3.63) is 12.7 Å². The molecule has 0 aliphatic carbocycles. The van der Waals surface area contributed by atoms with Gasteiger partial charge < -0.3 is 16.0 Å². The van der Waals surface area contributed by atoms with Gasteiger partial charge in [0.15, 0.2) is 0 Å². The number of nitrogens with one attached hydrogen (secondary N) is 1. The lowest BCUT2D eigenvalue weighted by Gasteiger charge is -2.34. The van der Waals surface area contributed by atoms with Crippen LogP contribution in [0.3, 0.4) is 0 Å². The zero-order chi connectivity index (χ0) is 12.3. The summed E-state index contributed by atoms with van der Waals surface area (Å²) in [5, 5.41) is 6.88. The second kappa shape index (κ2) is 4.91. The largest absolute Gasteiger partial charge is 0.368 e. The summed E-state index contributed by atoms with van der Waals surface area (Å²) in [7, 11) is 0. The molecule has 2 heterocycles. The number of primary amides is 1. The van der Waals surface area contributed by atoms with Gasteiger partial charge in [0, 0.05) is 19.6 Å². The Balaban J connectivity index is 2.03. The van der Waals surface area contributed by atoms with Gasteiger partial charge in [-0.3, -0.25) is 9.59 Å². The third-order valence-electron chi connectivity index (χ3n) is 2.66. The van der Waals surface area contributed by atoms with Crippen LogP contribution in [-0.2, 0) is 16.1 Å². The van der Waals surface area contributed by atoms with Gasteiger partial charge in [-0.15, -0.1) is 0 Å². The summed E-state index contributed by atoms with van der Waals surface area (Å²) in [6, 6.07) is -0.584. The number of rotatable bonds is 3. The van der Waals surface area contributed by atoms with E-state index in [0.29, 0.717) is 19.6 Å². The van der Waals surface area contributed by atoms with E-state index in [1.165, 1.54) is 22.2 Å². The Labute approximate surface area is 97.8 Å². The van der Waals surface area contributed by atoms with E-state index >= 15 is 0 Å². The Morgan fingerprint density at radius 3 is 3.00 bits per heavy atom. The van der Waals surface area contributed by atoms with Crippen LogP contribution in [-0.4, -0.2) is 57.2 Å². The summed E-state index contributed by atoms with van der Waals surface area (Å²) in [5.74, 6) is -0.676. The van der Waals surface area contributed by atoms with Gasteiger partial charge in [0.2, 0.25) is 11.8 Å². The first-order chi connectivity index (χ1) is 8.18. The van der Waals surface area contributed by atoms with Crippen molar-refractivity contribution in [3.63, 3.8) is 0 Å². The van der Waals surface area contributed by atoms with Gasteiger partial charge in [-0.1, -0.05) is 0 Å². The van der Waals surface area contributed by atoms with Crippen molar-refractivity contribution in [2.45, 2.75) is 12.6 Å². The van der Waals surface area contributed by atoms with Crippen LogP contribution in [0.4, 0.5) is 0 Å². The zero-order valence-corrected chi connectivity index (χ0v) is 9.24. The van der Waals surface area contributed by atoms with Crippen molar-refractivity contribution in [1.82, 2.24) is 25.0 Å². The van der Waals surface area contributed by atoms with Gasteiger partial charge in [0.1, 0.15) is 25.2 Å². The summed E-state index contributed by atoms with van der Waals surface area (Å²) < 4.78 is 1.42. The number of nitrogens with two attached hydrogens (primary N) is 1. The van der Waals surface area contributed by atoms with E-state index in [1.807, 2.05) is 0 Å². The molecule has 17 heavy (non-hydrogen) atoms. The standard InChI is InChI=1S/C9H14N6O2/c10-9(17)7-3-11-1-2-15(7)8(16)4-14-6-12-5-13-14/h5-7,11H,1-4H2,(H2,10,17). The molecule has 0 radical (unpaired) electrons. The maximum absolute atomic E-state index is 12.0. The first-order valence-corrected chi connectivity index (χ1v) is 5.30. The second-order valence-electron chi connectivity index (χ2n) is 3.80. The van der Waals surface area contributed by atoms with Gasteiger partial charge in [-0.2, -0.15) is 5.10 Å². The molecule has 0 saturated carbocycles. The lowest BCUT2D eigenvalue weighted by atomic mass is 10.2. The lowest BCUT2D eigenvalue weighted by Crippen LogP contribution is -2.59. The molecule has 1 fully saturated rings. The third-order valence-corrected chi connectivity index (χ3v) is 2.66. The van der Waals surface area contributed by atoms with Gasteiger partial charge >= 0.3 is 0 Å². The SMILES string of the molecule is NC(=O)C1CNCCN1C(=O)Cn1cncn1. The minimum atomic E-state index is -0.584. The molecule has 1 aliphatic heterocycles. The molecule has 1 saturated heterocycles. The van der Waals surface area contributed by atoms with Crippen molar-refractivity contribution >= 4 is 11.8 Å². The van der Waals surface area contributed by atoms with Crippen molar-refractivity contribution in [1.29, 1.82) is 0 Å². The first kappa shape index (κ1) is 11.5. The second-order valence-corrected chi connectivity index (χ2v) is 3.80. The molecule has 1 aliphatic rings. The van der Waals surface area contributed by atoms with Crippen molar-refractivity contribution in [3.8, 4) is 0 Å². The molecule has 3 N–H and O–H groups in total. The number of hydrogen-bond acceptors (Lipinski definition) is 5. The minimum absolute atomic E-state index is 0.0732. The lowest BCUT2D eigenvalue weighted by molar-refractivity contribution is -0.141. The average Bonchev–Trinajstić information content (AvgIpc) is 2.81. The van der Waals surface area contributed by atoms with Gasteiger partial charge in [0.05, 0.1) is 0 Å². The van der Waals surface area contributed by atoms with Crippen LogP contribution >= 0.6 is 0 Å². The highest BCUT2D eigenvalue weighted by Gasteiger charge is 2.30. The Bertz CT molecular complexity index is 404. The quantitative estimate of drug-likeness (QED) is 0.608. The maximum Gasteiger partial charge on any atom is 0.245 e. The predicted octanol–water partition coefficient (Wildman–Crippen LogP) is -2.44. The normalized spacial score (nSPS) is 20.2. The van der Waals surface area contributed by atoms with E-state index in [0.717, 1.165) is 0 Å². The number of amides is 2. The minimum Gasteiger partial charge on any atom is -0.368 e. The Morgan fingerprint density at radius 1 is 1.53 bits per heavy atom. The number of aromatic nitrogens is 3. The number of hydrogen-bond donors (Lipinski definition) is 2. The zero-order valence-electron chi connectivity index (χ0n) is 9.24. The summed E-state index contributed by atoms with van der Waals surface area (Å²) in [5.41, 5.74) is 5.26. The molecule has 1 aromatic rings. The van der Waals surface area contributed by atoms with Crippen LogP contribution in [0.15, 0.2) is 12.7 Å². The number of carbonyl (C=O) groups is 2. The molecule has 0 spiro atoms. The molecule has 1 atom stereocenters. The molecular formula is C9H14N6O2. The van der Waals surface area contributed by atoms with E-state index in [1.54, 1.807) is 0 Å². The Kier molecular flexibility index (Phi) is 3.33. The average molecular weight is 238 g/mol. The smallest absolute Gasteiger partial charge is 0.245 e. The molecule has 8 heteroatoms. The van der Waals surface area contributed by atoms with E-state index in [4.69, 9.17) is 5.73 Å². The molecule has 2 rings (SSSR count). The molecular weight excluding hydrogens is 224 g/mol. The van der Waals surface area contributed by atoms with Crippen LogP contribution in [0.5, 0.6) is 0 Å². The first-order valence-electron chi connectivity index (χ1n) is 5.30. The fourth-order valence-corrected chi connectivity index (χ4v) is 1.80. The topological polar surface area (TPSA) is 106 Å². The summed E-state index contributed by atoms with van der Waals surface area (Å²) in [6.07, 6.45) is 2.82. The summed E-state index contributed by atoms with van der Waals surface area (Å²) >= 11 is 0. The summed E-state index contributed by atoms with van der Waals surface area (Å²) in [6.45, 7) is 1.61. The Hall–Kier alpha value is -1.96. The number of carbonyl (C=O) groups excluding carboxylic acids is 2. The van der Waals surface area contributed by atoms with E-state index < -0.39 is 11.9 Å². The van der Waals surface area contributed by atoms with Crippen LogP contribution in [0.2, 0.25) is 0 Å². The molecule has 0 aromatic carbocycles. The van der Waals surface area contributed by atoms with E-state index in [-0.39, 0.29) is 12.5 Å². The van der Waals surface area contributed by atoms with Gasteiger partial charge in [-0.05, 0) is 0 Å². The highest BCUT2D eigenvalue weighted by atomic mass is 16.2. The highest BCUT2D eigenvalue weighted by molar-refractivity contribution is 5.87. The van der Waals surface area contributed by atoms with Gasteiger partial charge in [-0.25, -0.2) is 9.67 Å². The summed E-state index contributed by atoms with van der Waals surface area (Å²) in [4.78, 5) is 28.4. The van der Waals surface area contributed by atoms with Crippen LogP contribution in [0.25, 0.3) is 0 Å². The maximum atomic E-state index is 12.0. The van der Waals surface area contributed by atoms with Crippen molar-refractivity contribution in [2.75, 3.05) is 19.6 Å². The van der Waals surface area contributed by atoms with Crippen LogP contribution in [0.1, 0.15) is 0 Å². The molecule has 0 bridgehead atoms. The Morgan fingerprint density at radius 2 is 2.35 bits per heavy atom. The van der Waals surface area contributed by atoms with E-state index in [2.05, 4.69) is 15.4 Å². The van der Waals surface area contributed by atoms with Crippen molar-refractivity contribution in [2.24, 2.45) is 5.73 Å². The van der Waals surface area contributed by atoms with Crippen molar-refractivity contribution < 1.29 is 9.59 Å². The van der Waals surface area contributed by atoms with E-state index in [9.17, 15) is 9.59 Å². The number of nitrogens with zero attached hydrogens (tertiary/aromatic N) is 4. The third kappa shape index (κ3) is 2.59. The molecule has 92 valence electrons. The van der Waals surface area contributed by atoms with Crippen LogP contribution in [0, 0.1) is 0 Å². The molecule has 8 nitrogen and oxygen atoms in total. The predicted molar refractivity (Wildman–Crippen MR) is 57.6 cm³/mol. The van der Waals surface area contributed by atoms with Gasteiger partial charge in [0.25, 0.3) is 0 Å². The number of piperazine rings is 1. The monoisotopic (exact) mass is 238 g/mol.